The van der Waals surface area contributed by atoms with Gasteiger partial charge in [-0.2, -0.15) is 0 Å². The molecule has 0 N–H and O–H groups in total. The number of hydrogen-bond acceptors (Lipinski definition) is 4. The van der Waals surface area contributed by atoms with E-state index in [2.05, 4.69) is 24.5 Å². The zero-order chi connectivity index (χ0) is 16.3. The van der Waals surface area contributed by atoms with Crippen molar-refractivity contribution in [1.82, 2.24) is 0 Å². The van der Waals surface area contributed by atoms with Crippen molar-refractivity contribution in [2.45, 2.75) is 33.1 Å². The van der Waals surface area contributed by atoms with Crippen LogP contribution in [0.4, 0.5) is 0 Å². The third-order valence-electron chi connectivity index (χ3n) is 4.46. The number of carbonyl (C=O) groups excluding carboxylic acids is 2. The molecule has 1 aliphatic carbocycles. The Morgan fingerprint density at radius 2 is 1.90 bits per heavy atom. The maximum absolute atomic E-state index is 12.3. The van der Waals surface area contributed by atoms with Gasteiger partial charge in [0.05, 0.1) is 0 Å². The molecule has 0 aromatic heterocycles. The van der Waals surface area contributed by atoms with E-state index in [1.807, 2.05) is 6.08 Å². The summed E-state index contributed by atoms with van der Waals surface area (Å²) in [6.07, 6.45) is 3.54. The van der Waals surface area contributed by atoms with E-state index in [9.17, 15) is 9.59 Å². The Kier molecular flexibility index (Phi) is 6.08. The van der Waals surface area contributed by atoms with Crippen LogP contribution in [-0.4, -0.2) is 48.7 Å². The van der Waals surface area contributed by atoms with E-state index in [1.54, 1.807) is 0 Å². The summed E-state index contributed by atoms with van der Waals surface area (Å²) in [5.74, 6) is -0.851. The molecular weight excluding hydrogens is 375 g/mol. The number of rotatable bonds is 5. The minimum atomic E-state index is -1.20. The van der Waals surface area contributed by atoms with Crippen molar-refractivity contribution < 1.29 is 19.1 Å². The monoisotopic (exact) mass is 399 g/mol. The Balaban J connectivity index is 3.27. The van der Waals surface area contributed by atoms with Gasteiger partial charge in [-0.05, 0) is 0 Å². The number of allylic oxidation sites excluding steroid dienone is 2. The molecule has 114 valence electrons. The molecule has 1 fully saturated rings. The third kappa shape index (κ3) is 3.35. The van der Waals surface area contributed by atoms with Crippen molar-refractivity contribution in [3.63, 3.8) is 0 Å². The molecule has 1 aliphatic rings. The van der Waals surface area contributed by atoms with E-state index in [-0.39, 0.29) is 11.3 Å². The summed E-state index contributed by atoms with van der Waals surface area (Å²) in [7, 11) is 2.63. The van der Waals surface area contributed by atoms with Crippen LogP contribution in [0.25, 0.3) is 0 Å². The molecule has 0 aliphatic heterocycles. The Morgan fingerprint density at radius 1 is 1.38 bits per heavy atom. The second-order valence-electron chi connectivity index (χ2n) is 6.20. The van der Waals surface area contributed by atoms with Crippen molar-refractivity contribution in [1.29, 1.82) is 0 Å². The molecule has 0 spiro atoms. The fraction of sp³-hybridized carbons (Fsp3) is 0.625. The first-order valence-corrected chi connectivity index (χ1v) is 8.57. The van der Waals surface area contributed by atoms with Gasteiger partial charge in [-0.3, -0.25) is 0 Å². The van der Waals surface area contributed by atoms with Gasteiger partial charge in [0.2, 0.25) is 0 Å². The summed E-state index contributed by atoms with van der Waals surface area (Å²) in [4.78, 5) is 24.5. The molecule has 0 bridgehead atoms. The first-order valence-electron chi connectivity index (χ1n) is 6.93. The van der Waals surface area contributed by atoms with Crippen LogP contribution in [0, 0.1) is 16.7 Å². The summed E-state index contributed by atoms with van der Waals surface area (Å²) >= 11 is 1.26. The summed E-state index contributed by atoms with van der Waals surface area (Å²) in [5.41, 5.74) is -0.112. The van der Waals surface area contributed by atoms with E-state index < -0.39 is 17.4 Å². The fourth-order valence-corrected chi connectivity index (χ4v) is 4.12. The number of esters is 2. The Morgan fingerprint density at radius 3 is 2.29 bits per heavy atom. The average Bonchev–Trinajstić information content (AvgIpc) is 2.87. The van der Waals surface area contributed by atoms with Crippen LogP contribution >= 0.6 is 0 Å². The van der Waals surface area contributed by atoms with Gasteiger partial charge in [0.1, 0.15) is 0 Å². The quantitative estimate of drug-likeness (QED) is 0.309. The van der Waals surface area contributed by atoms with Gasteiger partial charge in [0.25, 0.3) is 0 Å². The third-order valence-corrected chi connectivity index (χ3v) is 5.52. The zero-order valence-corrected chi connectivity index (χ0v) is 16.0. The molecule has 0 aromatic carbocycles. The molecule has 1 unspecified atom stereocenters. The molecule has 21 heavy (non-hydrogen) atoms. The van der Waals surface area contributed by atoms with Gasteiger partial charge in [-0.15, -0.1) is 0 Å². The van der Waals surface area contributed by atoms with E-state index in [0.29, 0.717) is 12.8 Å². The van der Waals surface area contributed by atoms with Gasteiger partial charge in [0, 0.05) is 0 Å². The van der Waals surface area contributed by atoms with E-state index in [0.717, 1.165) is 12.0 Å². The van der Waals surface area contributed by atoms with Crippen LogP contribution in [-0.2, 0) is 19.1 Å². The van der Waals surface area contributed by atoms with Crippen LogP contribution in [0.5, 0.6) is 0 Å². The first-order chi connectivity index (χ1) is 9.78. The Labute approximate surface area is 140 Å². The van der Waals surface area contributed by atoms with Crippen LogP contribution < -0.4 is 0 Å². The predicted molar refractivity (Wildman–Crippen MR) is 81.6 cm³/mol. The summed E-state index contributed by atoms with van der Waals surface area (Å²) < 4.78 is 11.9. The first kappa shape index (κ1) is 18.3. The number of methoxy groups -OCH3 is 2. The molecule has 0 saturated heterocycles. The van der Waals surface area contributed by atoms with Crippen molar-refractivity contribution in [2.75, 3.05) is 14.2 Å². The molecule has 1 rings (SSSR count). The van der Waals surface area contributed by atoms with Crippen molar-refractivity contribution in [3.05, 3.63) is 22.3 Å². The molecule has 1 saturated carbocycles. The molecule has 2 radical (unpaired) electrons. The van der Waals surface area contributed by atoms with Gasteiger partial charge in [0.15, 0.2) is 0 Å². The van der Waals surface area contributed by atoms with Crippen LogP contribution in [0.15, 0.2) is 22.3 Å². The Hall–Kier alpha value is -0.781. The van der Waals surface area contributed by atoms with Crippen molar-refractivity contribution in [3.8, 4) is 0 Å². The van der Waals surface area contributed by atoms with Gasteiger partial charge >= 0.3 is 140 Å². The van der Waals surface area contributed by atoms with Gasteiger partial charge < -0.3 is 0 Å². The van der Waals surface area contributed by atoms with Gasteiger partial charge in [-0.25, -0.2) is 0 Å². The van der Waals surface area contributed by atoms with Crippen molar-refractivity contribution >= 4 is 34.5 Å². The van der Waals surface area contributed by atoms with Crippen molar-refractivity contribution in [2.24, 2.45) is 16.7 Å². The van der Waals surface area contributed by atoms with E-state index >= 15 is 0 Å². The molecule has 0 amide bonds. The fourth-order valence-electron chi connectivity index (χ4n) is 3.25. The number of ether oxygens (including phenoxy) is 2. The number of hydrogen-bond donors (Lipinski definition) is 0. The molecule has 4 nitrogen and oxygen atoms in total. The summed E-state index contributed by atoms with van der Waals surface area (Å²) in [5, 5.41) is 0. The normalized spacial score (nSPS) is 22.9. The second kappa shape index (κ2) is 6.99. The van der Waals surface area contributed by atoms with Crippen LogP contribution in [0.2, 0.25) is 0 Å². The molecule has 0 heterocycles. The Bertz CT molecular complexity index is 449. The topological polar surface area (TPSA) is 52.6 Å². The molecular formula is C16H23O4Sn+. The predicted octanol–water partition coefficient (Wildman–Crippen LogP) is 2.38. The maximum atomic E-state index is 12.3. The SMILES string of the molecule is C=CCC(C)(C)C1CC(C(=O)OC)(C(=O)OC)C/C1=[CH]\[Sn+]. The van der Waals surface area contributed by atoms with Gasteiger partial charge in [-0.1, -0.05) is 0 Å². The van der Waals surface area contributed by atoms with E-state index in [4.69, 9.17) is 9.47 Å². The standard InChI is InChI=1S/C16H23O4.Sn/c1-7-8-15(3,4)12-10-16(9-11(12)2,13(17)19-5)14(18)20-6;/h2,7,12H,1,8-10H2,3-6H3;/q;+1. The number of carbonyl (C=O) groups is 2. The van der Waals surface area contributed by atoms with E-state index in [1.165, 1.54) is 36.7 Å². The molecule has 5 heteroatoms. The molecule has 0 aromatic rings. The summed E-state index contributed by atoms with van der Waals surface area (Å²) in [6.45, 7) is 8.09. The minimum absolute atomic E-state index is 0.0616. The van der Waals surface area contributed by atoms with Crippen LogP contribution in [0.1, 0.15) is 33.1 Å². The molecule has 1 atom stereocenters. The second-order valence-corrected chi connectivity index (χ2v) is 7.02. The zero-order valence-electron chi connectivity index (χ0n) is 13.2. The summed E-state index contributed by atoms with van der Waals surface area (Å²) in [6, 6.07) is 0. The van der Waals surface area contributed by atoms with Crippen LogP contribution in [0.3, 0.4) is 0 Å². The average molecular weight is 398 g/mol.